The summed E-state index contributed by atoms with van der Waals surface area (Å²) in [6, 6.07) is 0. The Morgan fingerprint density at radius 2 is 1.74 bits per heavy atom. The third kappa shape index (κ3) is 3.39. The van der Waals surface area contributed by atoms with E-state index in [0.717, 1.165) is 13.1 Å². The summed E-state index contributed by atoms with van der Waals surface area (Å²) in [6.45, 7) is 9.18. The van der Waals surface area contributed by atoms with Gasteiger partial charge in [0.2, 0.25) is 0 Å². The molecule has 110 valence electrons. The van der Waals surface area contributed by atoms with Crippen molar-refractivity contribution in [3.63, 3.8) is 0 Å². The zero-order valence-corrected chi connectivity index (χ0v) is 12.4. The Hall–Kier alpha value is -0.810. The van der Waals surface area contributed by atoms with E-state index in [1.165, 1.54) is 0 Å². The van der Waals surface area contributed by atoms with Gasteiger partial charge in [0.1, 0.15) is 5.60 Å². The number of aliphatic hydroxyl groups excluding tert-OH is 1. The van der Waals surface area contributed by atoms with Crippen LogP contribution >= 0.6 is 0 Å². The predicted octanol–water partition coefficient (Wildman–Crippen LogP) is 1.02. The quantitative estimate of drug-likeness (QED) is 0.773. The third-order valence-corrected chi connectivity index (χ3v) is 4.08. The Morgan fingerprint density at radius 1 is 1.21 bits per heavy atom. The van der Waals surface area contributed by atoms with Crippen molar-refractivity contribution in [3.05, 3.63) is 0 Å². The van der Waals surface area contributed by atoms with Crippen LogP contribution in [0.1, 0.15) is 20.8 Å². The SMILES string of the molecule is CN1CC2CN(C(=O)OC(C)(C)C)CC(C1)C2CO. The van der Waals surface area contributed by atoms with Crippen molar-refractivity contribution in [2.75, 3.05) is 39.8 Å². The lowest BCUT2D eigenvalue weighted by atomic mass is 9.75. The first-order valence-corrected chi connectivity index (χ1v) is 7.07. The highest BCUT2D eigenvalue weighted by Gasteiger charge is 2.43. The minimum Gasteiger partial charge on any atom is -0.444 e. The van der Waals surface area contributed by atoms with Gasteiger partial charge in [-0.25, -0.2) is 4.79 Å². The van der Waals surface area contributed by atoms with Crippen molar-refractivity contribution < 1.29 is 14.6 Å². The molecule has 0 aliphatic carbocycles. The molecule has 5 nitrogen and oxygen atoms in total. The van der Waals surface area contributed by atoms with Crippen LogP contribution in [-0.4, -0.2) is 66.4 Å². The molecule has 1 N–H and O–H groups in total. The van der Waals surface area contributed by atoms with Gasteiger partial charge in [0.15, 0.2) is 0 Å². The number of amides is 1. The monoisotopic (exact) mass is 270 g/mol. The van der Waals surface area contributed by atoms with Gasteiger partial charge in [-0.3, -0.25) is 0 Å². The molecule has 2 unspecified atom stereocenters. The molecule has 0 aromatic carbocycles. The smallest absolute Gasteiger partial charge is 0.410 e. The van der Waals surface area contributed by atoms with Crippen molar-refractivity contribution in [1.29, 1.82) is 0 Å². The number of hydrogen-bond acceptors (Lipinski definition) is 4. The van der Waals surface area contributed by atoms with Crippen LogP contribution in [0.15, 0.2) is 0 Å². The second kappa shape index (κ2) is 5.29. The molecule has 2 rings (SSSR count). The Morgan fingerprint density at radius 3 is 2.16 bits per heavy atom. The highest BCUT2D eigenvalue weighted by Crippen LogP contribution is 2.34. The Kier molecular flexibility index (Phi) is 4.06. The number of ether oxygens (including phenoxy) is 1. The van der Waals surface area contributed by atoms with Gasteiger partial charge in [-0.1, -0.05) is 0 Å². The molecule has 2 bridgehead atoms. The van der Waals surface area contributed by atoms with E-state index in [1.54, 1.807) is 0 Å². The van der Waals surface area contributed by atoms with Crippen LogP contribution in [-0.2, 0) is 4.74 Å². The molecule has 2 aliphatic heterocycles. The van der Waals surface area contributed by atoms with Gasteiger partial charge in [-0.05, 0) is 45.6 Å². The molecule has 0 aromatic rings. The zero-order chi connectivity index (χ0) is 14.2. The summed E-state index contributed by atoms with van der Waals surface area (Å²) in [5.74, 6) is 1.04. The van der Waals surface area contributed by atoms with E-state index < -0.39 is 5.60 Å². The van der Waals surface area contributed by atoms with Gasteiger partial charge in [0, 0.05) is 32.8 Å². The first-order chi connectivity index (χ1) is 8.80. The lowest BCUT2D eigenvalue weighted by Gasteiger charge is -2.49. The molecule has 19 heavy (non-hydrogen) atoms. The molecule has 0 aromatic heterocycles. The second-order valence-electron chi connectivity index (χ2n) is 6.97. The number of likely N-dealkylation sites (tertiary alicyclic amines) is 2. The summed E-state index contributed by atoms with van der Waals surface area (Å²) in [7, 11) is 2.11. The van der Waals surface area contributed by atoms with Gasteiger partial charge in [0.05, 0.1) is 0 Å². The standard InChI is InChI=1S/C14H26N2O3/c1-14(2,3)19-13(18)16-7-10-5-15(4)6-11(8-16)12(10)9-17/h10-12,17H,5-9H2,1-4H3. The molecule has 5 heteroatoms. The van der Waals surface area contributed by atoms with Gasteiger partial charge >= 0.3 is 6.09 Å². The van der Waals surface area contributed by atoms with Crippen molar-refractivity contribution in [2.45, 2.75) is 26.4 Å². The number of piperidine rings is 2. The van der Waals surface area contributed by atoms with Crippen LogP contribution in [0.2, 0.25) is 0 Å². The van der Waals surface area contributed by atoms with Crippen molar-refractivity contribution in [1.82, 2.24) is 9.80 Å². The minimum atomic E-state index is -0.448. The van der Waals surface area contributed by atoms with Crippen molar-refractivity contribution in [3.8, 4) is 0 Å². The minimum absolute atomic E-state index is 0.219. The molecule has 1 amide bonds. The topological polar surface area (TPSA) is 53.0 Å². The highest BCUT2D eigenvalue weighted by atomic mass is 16.6. The van der Waals surface area contributed by atoms with Crippen LogP contribution in [0.4, 0.5) is 4.79 Å². The number of nitrogens with zero attached hydrogens (tertiary/aromatic N) is 2. The van der Waals surface area contributed by atoms with Gasteiger partial charge in [0.25, 0.3) is 0 Å². The molecular formula is C14H26N2O3. The summed E-state index contributed by atoms with van der Waals surface area (Å²) in [5, 5.41) is 9.54. The van der Waals surface area contributed by atoms with E-state index in [1.807, 2.05) is 25.7 Å². The molecule has 2 fully saturated rings. The van der Waals surface area contributed by atoms with Crippen LogP contribution in [0, 0.1) is 17.8 Å². The number of aliphatic hydroxyl groups is 1. The lowest BCUT2D eigenvalue weighted by molar-refractivity contribution is -0.0463. The fourth-order valence-corrected chi connectivity index (χ4v) is 3.33. The molecule has 0 saturated carbocycles. The zero-order valence-electron chi connectivity index (χ0n) is 12.4. The number of fused-ring (bicyclic) bond motifs is 2. The number of rotatable bonds is 1. The number of hydrogen-bond donors (Lipinski definition) is 1. The van der Waals surface area contributed by atoms with E-state index in [-0.39, 0.29) is 12.7 Å². The second-order valence-corrected chi connectivity index (χ2v) is 6.97. The Bertz CT molecular complexity index is 324. The summed E-state index contributed by atoms with van der Waals surface area (Å²) in [5.41, 5.74) is -0.448. The van der Waals surface area contributed by atoms with Crippen LogP contribution in [0.5, 0.6) is 0 Å². The first-order valence-electron chi connectivity index (χ1n) is 7.07. The summed E-state index contributed by atoms with van der Waals surface area (Å²) in [6.07, 6.45) is -0.219. The van der Waals surface area contributed by atoms with Crippen LogP contribution < -0.4 is 0 Å². The average Bonchev–Trinajstić information content (AvgIpc) is 2.24. The van der Waals surface area contributed by atoms with E-state index >= 15 is 0 Å². The van der Waals surface area contributed by atoms with Crippen molar-refractivity contribution in [2.24, 2.45) is 17.8 Å². The largest absolute Gasteiger partial charge is 0.444 e. The molecular weight excluding hydrogens is 244 g/mol. The van der Waals surface area contributed by atoms with Crippen LogP contribution in [0.3, 0.4) is 0 Å². The fraction of sp³-hybridized carbons (Fsp3) is 0.929. The number of carbonyl (C=O) groups excluding carboxylic acids is 1. The normalized spacial score (nSPS) is 32.3. The van der Waals surface area contributed by atoms with E-state index in [4.69, 9.17) is 4.74 Å². The first kappa shape index (κ1) is 14.6. The Labute approximate surface area is 115 Å². The molecule has 2 aliphatic rings. The van der Waals surface area contributed by atoms with Crippen molar-refractivity contribution >= 4 is 6.09 Å². The molecule has 2 heterocycles. The maximum Gasteiger partial charge on any atom is 0.410 e. The van der Waals surface area contributed by atoms with Gasteiger partial charge in [-0.2, -0.15) is 0 Å². The summed E-state index contributed by atoms with van der Waals surface area (Å²) in [4.78, 5) is 16.3. The summed E-state index contributed by atoms with van der Waals surface area (Å²) >= 11 is 0. The fourth-order valence-electron chi connectivity index (χ4n) is 3.33. The summed E-state index contributed by atoms with van der Waals surface area (Å²) < 4.78 is 5.45. The maximum absolute atomic E-state index is 12.1. The third-order valence-electron chi connectivity index (χ3n) is 4.08. The molecule has 0 radical (unpaired) electrons. The van der Waals surface area contributed by atoms with E-state index in [9.17, 15) is 9.90 Å². The highest BCUT2D eigenvalue weighted by molar-refractivity contribution is 5.68. The average molecular weight is 270 g/mol. The van der Waals surface area contributed by atoms with Gasteiger partial charge in [-0.15, -0.1) is 0 Å². The van der Waals surface area contributed by atoms with E-state index in [2.05, 4.69) is 11.9 Å². The maximum atomic E-state index is 12.1. The van der Waals surface area contributed by atoms with Crippen LogP contribution in [0.25, 0.3) is 0 Å². The molecule has 2 atom stereocenters. The lowest BCUT2D eigenvalue weighted by Crippen LogP contribution is -2.59. The predicted molar refractivity (Wildman–Crippen MR) is 72.9 cm³/mol. The molecule has 0 spiro atoms. The Balaban J connectivity index is 2.02. The van der Waals surface area contributed by atoms with Gasteiger partial charge < -0.3 is 19.6 Å². The van der Waals surface area contributed by atoms with E-state index in [0.29, 0.717) is 30.8 Å². The number of carbonyl (C=O) groups is 1. The molecule has 2 saturated heterocycles.